The predicted molar refractivity (Wildman–Crippen MR) is 35.5 cm³/mol. The van der Waals surface area contributed by atoms with E-state index in [2.05, 4.69) is 4.84 Å². The van der Waals surface area contributed by atoms with Crippen LogP contribution in [-0.2, 0) is 19.2 Å². The normalized spacial score (nSPS) is 9.00. The molecule has 0 saturated heterocycles. The van der Waals surface area contributed by atoms with E-state index in [1.54, 1.807) is 0 Å². The Morgan fingerprint density at radius 2 is 1.73 bits per heavy atom. The first kappa shape index (κ1) is 9.77. The number of Topliss-reactive ketones (excluding diaryl/α,β-unsaturated/α-hetero) is 2. The van der Waals surface area contributed by atoms with Gasteiger partial charge >= 0.3 is 5.91 Å². The van der Waals surface area contributed by atoms with E-state index in [4.69, 9.17) is 0 Å². The lowest BCUT2D eigenvalue weighted by atomic mass is 10.3. The van der Waals surface area contributed by atoms with Crippen LogP contribution in [0.3, 0.4) is 0 Å². The molecule has 0 unspecified atom stereocenters. The summed E-state index contributed by atoms with van der Waals surface area (Å²) in [6.45, 7) is 1.03. The first-order valence-electron chi connectivity index (χ1n) is 2.87. The maximum atomic E-state index is 10.7. The van der Waals surface area contributed by atoms with Crippen molar-refractivity contribution in [1.29, 1.82) is 0 Å². The fourth-order valence-electron chi connectivity index (χ4n) is 0.377. The summed E-state index contributed by atoms with van der Waals surface area (Å²) in [6.07, 6.45) is 0. The molecule has 0 rings (SSSR count). The predicted octanol–water partition coefficient (Wildman–Crippen LogP) is -0.836. The average Bonchev–Trinajstić information content (AvgIpc) is 2.00. The van der Waals surface area contributed by atoms with E-state index in [0.717, 1.165) is 6.92 Å². The molecule has 0 fully saturated rings. The summed E-state index contributed by atoms with van der Waals surface area (Å²) >= 11 is 0. The summed E-state index contributed by atoms with van der Waals surface area (Å²) in [5, 5.41) is 0.698. The van der Waals surface area contributed by atoms with Crippen molar-refractivity contribution in [3.8, 4) is 0 Å². The lowest BCUT2D eigenvalue weighted by molar-refractivity contribution is -0.173. The molecule has 0 spiro atoms. The van der Waals surface area contributed by atoms with Crippen LogP contribution in [0.15, 0.2) is 0 Å². The maximum absolute atomic E-state index is 10.7. The quantitative estimate of drug-likeness (QED) is 0.306. The molecular weight excluding hydrogens is 150 g/mol. The van der Waals surface area contributed by atoms with Crippen LogP contribution in [0.4, 0.5) is 0 Å². The van der Waals surface area contributed by atoms with Crippen LogP contribution in [0.5, 0.6) is 0 Å². The molecule has 0 atom stereocenters. The van der Waals surface area contributed by atoms with Crippen LogP contribution in [0.1, 0.15) is 6.92 Å². The molecule has 0 heterocycles. The minimum Gasteiger partial charge on any atom is -0.291 e. The highest BCUT2D eigenvalue weighted by atomic mass is 16.7. The average molecular weight is 159 g/mol. The summed E-state index contributed by atoms with van der Waals surface area (Å²) in [5.41, 5.74) is 0. The lowest BCUT2D eigenvalue weighted by Crippen LogP contribution is -2.35. The van der Waals surface area contributed by atoms with Crippen molar-refractivity contribution in [3.05, 3.63) is 0 Å². The number of carbonyl (C=O) groups excluding carboxylic acids is 3. The second-order valence-electron chi connectivity index (χ2n) is 1.87. The highest BCUT2D eigenvalue weighted by Crippen LogP contribution is 1.87. The Kier molecular flexibility index (Phi) is 3.39. The minimum absolute atomic E-state index is 0.698. The van der Waals surface area contributed by atoms with Gasteiger partial charge in [-0.05, 0) is 0 Å². The van der Waals surface area contributed by atoms with Gasteiger partial charge in [0.1, 0.15) is 0 Å². The molecule has 5 nitrogen and oxygen atoms in total. The molecule has 0 aromatic rings. The van der Waals surface area contributed by atoms with Gasteiger partial charge in [-0.2, -0.15) is 0 Å². The standard InChI is InChI=1S/C6H9NO4/c1-4(8)5(9)6(10)7(2)11-3/h1-3H3. The Labute approximate surface area is 63.9 Å². The van der Waals surface area contributed by atoms with Gasteiger partial charge in [0.2, 0.25) is 5.78 Å². The van der Waals surface area contributed by atoms with Gasteiger partial charge in [0.15, 0.2) is 0 Å². The zero-order valence-corrected chi connectivity index (χ0v) is 6.58. The van der Waals surface area contributed by atoms with Crippen LogP contribution >= 0.6 is 0 Å². The zero-order valence-electron chi connectivity index (χ0n) is 6.58. The van der Waals surface area contributed by atoms with Crippen molar-refractivity contribution < 1.29 is 19.2 Å². The van der Waals surface area contributed by atoms with E-state index in [0.29, 0.717) is 5.06 Å². The number of carbonyl (C=O) groups is 3. The van der Waals surface area contributed by atoms with Gasteiger partial charge in [-0.1, -0.05) is 0 Å². The van der Waals surface area contributed by atoms with Gasteiger partial charge in [0.25, 0.3) is 5.78 Å². The van der Waals surface area contributed by atoms with Crippen LogP contribution < -0.4 is 0 Å². The van der Waals surface area contributed by atoms with Crippen molar-refractivity contribution in [2.75, 3.05) is 14.2 Å². The number of ketones is 2. The van der Waals surface area contributed by atoms with Crippen LogP contribution in [0.2, 0.25) is 0 Å². The van der Waals surface area contributed by atoms with Crippen LogP contribution in [-0.4, -0.2) is 36.7 Å². The van der Waals surface area contributed by atoms with Crippen molar-refractivity contribution in [3.63, 3.8) is 0 Å². The third-order valence-electron chi connectivity index (χ3n) is 1.07. The summed E-state index contributed by atoms with van der Waals surface area (Å²) in [7, 11) is 2.48. The third-order valence-corrected chi connectivity index (χ3v) is 1.07. The molecule has 0 N–H and O–H groups in total. The number of nitrogens with zero attached hydrogens (tertiary/aromatic N) is 1. The molecule has 1 amide bonds. The van der Waals surface area contributed by atoms with Gasteiger partial charge in [0, 0.05) is 14.0 Å². The van der Waals surface area contributed by atoms with Gasteiger partial charge < -0.3 is 0 Å². The fourth-order valence-corrected chi connectivity index (χ4v) is 0.377. The van der Waals surface area contributed by atoms with E-state index >= 15 is 0 Å². The fraction of sp³-hybridized carbons (Fsp3) is 0.500. The van der Waals surface area contributed by atoms with E-state index in [-0.39, 0.29) is 0 Å². The van der Waals surface area contributed by atoms with Crippen molar-refractivity contribution in [2.24, 2.45) is 0 Å². The highest BCUT2D eigenvalue weighted by molar-refractivity contribution is 6.62. The Hall–Kier alpha value is -1.23. The highest BCUT2D eigenvalue weighted by Gasteiger charge is 2.22. The number of hydrogen-bond acceptors (Lipinski definition) is 4. The number of hydrogen-bond donors (Lipinski definition) is 0. The van der Waals surface area contributed by atoms with Gasteiger partial charge in [-0.3, -0.25) is 19.2 Å². The Morgan fingerprint density at radius 1 is 1.27 bits per heavy atom. The summed E-state index contributed by atoms with van der Waals surface area (Å²) in [6, 6.07) is 0. The van der Waals surface area contributed by atoms with Crippen LogP contribution in [0.25, 0.3) is 0 Å². The topological polar surface area (TPSA) is 63.7 Å². The Balaban J connectivity index is 4.26. The first-order chi connectivity index (χ1) is 5.00. The molecule has 0 aliphatic heterocycles. The maximum Gasteiger partial charge on any atom is 0.321 e. The molecule has 0 saturated carbocycles. The van der Waals surface area contributed by atoms with Crippen molar-refractivity contribution >= 4 is 17.5 Å². The molecule has 0 aliphatic carbocycles. The molecule has 5 heteroatoms. The molecule has 11 heavy (non-hydrogen) atoms. The molecule has 0 aromatic carbocycles. The van der Waals surface area contributed by atoms with E-state index < -0.39 is 17.5 Å². The molecular formula is C6H9NO4. The van der Waals surface area contributed by atoms with E-state index in [1.165, 1.54) is 14.2 Å². The molecule has 62 valence electrons. The number of rotatable bonds is 3. The van der Waals surface area contributed by atoms with E-state index in [1.807, 2.05) is 0 Å². The van der Waals surface area contributed by atoms with E-state index in [9.17, 15) is 14.4 Å². The monoisotopic (exact) mass is 159 g/mol. The number of likely N-dealkylation sites (N-methyl/N-ethyl adjacent to an activating group) is 1. The van der Waals surface area contributed by atoms with Gasteiger partial charge in [0.05, 0.1) is 7.11 Å². The molecule has 0 bridgehead atoms. The van der Waals surface area contributed by atoms with Crippen molar-refractivity contribution in [2.45, 2.75) is 6.92 Å². The third kappa shape index (κ3) is 2.46. The molecule has 0 aromatic heterocycles. The lowest BCUT2D eigenvalue weighted by Gasteiger charge is -2.10. The number of hydroxylamine groups is 2. The smallest absolute Gasteiger partial charge is 0.291 e. The zero-order chi connectivity index (χ0) is 9.02. The summed E-state index contributed by atoms with van der Waals surface area (Å²) in [4.78, 5) is 36.1. The largest absolute Gasteiger partial charge is 0.321 e. The first-order valence-corrected chi connectivity index (χ1v) is 2.87. The summed E-state index contributed by atoms with van der Waals surface area (Å²) < 4.78 is 0. The second-order valence-corrected chi connectivity index (χ2v) is 1.87. The molecule has 0 radical (unpaired) electrons. The summed E-state index contributed by atoms with van der Waals surface area (Å²) in [5.74, 6) is -2.83. The Bertz CT molecular complexity index is 199. The van der Waals surface area contributed by atoms with Gasteiger partial charge in [-0.15, -0.1) is 0 Å². The van der Waals surface area contributed by atoms with Crippen LogP contribution in [0, 0.1) is 0 Å². The second kappa shape index (κ2) is 3.82. The minimum atomic E-state index is -1.07. The van der Waals surface area contributed by atoms with Gasteiger partial charge in [-0.25, -0.2) is 5.06 Å². The Morgan fingerprint density at radius 3 is 2.00 bits per heavy atom. The SMILES string of the molecule is CON(C)C(=O)C(=O)C(C)=O. The number of amides is 1. The van der Waals surface area contributed by atoms with Crippen molar-refractivity contribution in [1.82, 2.24) is 5.06 Å². The molecule has 0 aliphatic rings.